The quantitative estimate of drug-likeness (QED) is 0.379. The van der Waals surface area contributed by atoms with Crippen LogP contribution >= 0.6 is 15.9 Å². The van der Waals surface area contributed by atoms with E-state index in [0.717, 1.165) is 6.42 Å². The Morgan fingerprint density at radius 3 is 2.52 bits per heavy atom. The molecule has 6 nitrogen and oxygen atoms in total. The van der Waals surface area contributed by atoms with Gasteiger partial charge >= 0.3 is 12.1 Å². The number of amides is 1. The van der Waals surface area contributed by atoms with Crippen molar-refractivity contribution in [2.24, 2.45) is 5.92 Å². The van der Waals surface area contributed by atoms with Gasteiger partial charge in [-0.15, -0.1) is 0 Å². The lowest BCUT2D eigenvalue weighted by atomic mass is 9.80. The van der Waals surface area contributed by atoms with Crippen molar-refractivity contribution in [3.63, 3.8) is 0 Å². The summed E-state index contributed by atoms with van der Waals surface area (Å²) in [5.41, 5.74) is 0. The van der Waals surface area contributed by atoms with Crippen molar-refractivity contribution >= 4 is 36.3 Å². The molecule has 25 heavy (non-hydrogen) atoms. The average Bonchev–Trinajstić information content (AvgIpc) is 2.84. The third-order valence-corrected chi connectivity index (χ3v) is 11.8. The van der Waals surface area contributed by atoms with Crippen LogP contribution in [0.2, 0.25) is 18.1 Å². The number of carbonyl (C=O) groups excluding carboxylic acids is 2. The Morgan fingerprint density at radius 2 is 1.96 bits per heavy atom. The van der Waals surface area contributed by atoms with E-state index < -0.39 is 20.5 Å². The number of esters is 1. The van der Waals surface area contributed by atoms with E-state index in [9.17, 15) is 9.59 Å². The molecule has 3 aliphatic rings. The second-order valence-corrected chi connectivity index (χ2v) is 14.8. The molecule has 1 saturated carbocycles. The summed E-state index contributed by atoms with van der Waals surface area (Å²) in [6.45, 7) is 11.1. The molecule has 6 atom stereocenters. The first-order valence-corrected chi connectivity index (χ1v) is 12.7. The molecule has 3 fully saturated rings. The van der Waals surface area contributed by atoms with E-state index in [-0.39, 0.29) is 40.0 Å². The van der Waals surface area contributed by atoms with Gasteiger partial charge in [0, 0.05) is 5.92 Å². The van der Waals surface area contributed by atoms with E-state index >= 15 is 0 Å². The number of ether oxygens (including phenoxy) is 2. The highest BCUT2D eigenvalue weighted by Crippen LogP contribution is 2.50. The number of halogens is 1. The summed E-state index contributed by atoms with van der Waals surface area (Å²) < 4.78 is 17.3. The van der Waals surface area contributed by atoms with Crippen molar-refractivity contribution in [1.29, 1.82) is 0 Å². The number of nitrogens with zero attached hydrogens (tertiary/aromatic N) is 1. The number of hydrogen-bond acceptors (Lipinski definition) is 5. The van der Waals surface area contributed by atoms with Crippen molar-refractivity contribution in [3.05, 3.63) is 0 Å². The third-order valence-electron chi connectivity index (χ3n) is 6.38. The molecule has 2 heterocycles. The zero-order valence-electron chi connectivity index (χ0n) is 15.7. The van der Waals surface area contributed by atoms with E-state index in [4.69, 9.17) is 13.9 Å². The minimum Gasteiger partial charge on any atom is -0.457 e. The van der Waals surface area contributed by atoms with Gasteiger partial charge in [0.2, 0.25) is 0 Å². The lowest BCUT2D eigenvalue weighted by Gasteiger charge is -2.49. The molecule has 0 aromatic heterocycles. The van der Waals surface area contributed by atoms with Gasteiger partial charge in [-0.25, -0.2) is 9.59 Å². The van der Waals surface area contributed by atoms with E-state index in [1.54, 1.807) is 4.90 Å². The zero-order chi connectivity index (χ0) is 18.7. The van der Waals surface area contributed by atoms with E-state index in [1.807, 2.05) is 0 Å². The third kappa shape index (κ3) is 3.04. The van der Waals surface area contributed by atoms with Gasteiger partial charge in [-0.05, 0) is 31.0 Å². The second-order valence-electron chi connectivity index (χ2n) is 8.85. The molecular formula is C17H28BrNO5Si. The summed E-state index contributed by atoms with van der Waals surface area (Å²) in [5.74, 6) is -0.227. The van der Waals surface area contributed by atoms with Crippen molar-refractivity contribution in [3.8, 4) is 0 Å². The number of morpholine rings is 1. The molecule has 0 radical (unpaired) electrons. The Hall–Kier alpha value is -0.603. The van der Waals surface area contributed by atoms with Gasteiger partial charge < -0.3 is 13.9 Å². The van der Waals surface area contributed by atoms with Gasteiger partial charge in [0.15, 0.2) is 8.32 Å². The Labute approximate surface area is 158 Å². The Kier molecular flexibility index (Phi) is 4.78. The lowest BCUT2D eigenvalue weighted by molar-refractivity contribution is -0.169. The van der Waals surface area contributed by atoms with Gasteiger partial charge in [-0.3, -0.25) is 4.90 Å². The van der Waals surface area contributed by atoms with Crippen LogP contribution in [-0.2, 0) is 18.7 Å². The van der Waals surface area contributed by atoms with Crippen LogP contribution in [0.1, 0.15) is 33.6 Å². The smallest absolute Gasteiger partial charge is 0.410 e. The van der Waals surface area contributed by atoms with E-state index in [1.165, 1.54) is 7.11 Å². The maximum absolute atomic E-state index is 12.4. The summed E-state index contributed by atoms with van der Waals surface area (Å²) in [5, 5.41) is 0.105. The molecule has 2 aliphatic heterocycles. The predicted molar refractivity (Wildman–Crippen MR) is 99.2 cm³/mol. The number of fused-ring (bicyclic) bond motifs is 1. The predicted octanol–water partition coefficient (Wildman–Crippen LogP) is 3.29. The topological polar surface area (TPSA) is 65.1 Å². The molecule has 0 unspecified atom stereocenters. The maximum atomic E-state index is 12.4. The Bertz CT molecular complexity index is 578. The molecule has 0 N–H and O–H groups in total. The van der Waals surface area contributed by atoms with Crippen LogP contribution in [0.5, 0.6) is 0 Å². The molecule has 0 spiro atoms. The van der Waals surface area contributed by atoms with Crippen LogP contribution in [0.3, 0.4) is 0 Å². The molecule has 8 heteroatoms. The molecular weight excluding hydrogens is 406 g/mol. The minimum absolute atomic E-state index is 0.0122. The standard InChI is InChI=1S/C17H28BrNO5Si/c1-17(2,3)25(5,6)24-12-8-10(18)14-13-9(12)7-11(15(20)23-14)19(13)16(21)22-4/h9-14H,7-8H2,1-6H3/t9-,10-,11+,12-,13-,14+/m1/s1. The highest BCUT2D eigenvalue weighted by atomic mass is 79.9. The summed E-state index contributed by atoms with van der Waals surface area (Å²) in [6.07, 6.45) is 0.598. The maximum Gasteiger partial charge on any atom is 0.410 e. The summed E-state index contributed by atoms with van der Waals surface area (Å²) in [6, 6.07) is -0.731. The van der Waals surface area contributed by atoms with Gasteiger partial charge in [0.25, 0.3) is 0 Å². The number of rotatable bonds is 2. The van der Waals surface area contributed by atoms with Crippen LogP contribution in [-0.4, -0.2) is 61.5 Å². The summed E-state index contributed by atoms with van der Waals surface area (Å²) in [7, 11) is -0.607. The van der Waals surface area contributed by atoms with Gasteiger partial charge in [0.05, 0.1) is 24.1 Å². The van der Waals surface area contributed by atoms with E-state index in [0.29, 0.717) is 6.42 Å². The SMILES string of the molecule is COC(=O)N1[C@@H]2[C@@H]3C[C@H]1C(=O)O[C@H]2[C@H](Br)C[C@H]3O[Si](C)(C)C(C)(C)C. The summed E-state index contributed by atoms with van der Waals surface area (Å²) in [4.78, 5) is 26.3. The molecule has 3 rings (SSSR count). The zero-order valence-corrected chi connectivity index (χ0v) is 18.3. The number of methoxy groups -OCH3 is 1. The van der Waals surface area contributed by atoms with Crippen molar-refractivity contribution in [1.82, 2.24) is 4.90 Å². The number of hydrogen-bond donors (Lipinski definition) is 0. The first-order chi connectivity index (χ1) is 11.5. The molecule has 0 aromatic rings. The molecule has 1 aliphatic carbocycles. The minimum atomic E-state index is -1.96. The van der Waals surface area contributed by atoms with E-state index in [2.05, 4.69) is 49.8 Å². The van der Waals surface area contributed by atoms with Crippen molar-refractivity contribution in [2.75, 3.05) is 7.11 Å². The fourth-order valence-corrected chi connectivity index (χ4v) is 6.22. The highest BCUT2D eigenvalue weighted by Gasteiger charge is 2.63. The first-order valence-electron chi connectivity index (χ1n) is 8.86. The monoisotopic (exact) mass is 433 g/mol. The van der Waals surface area contributed by atoms with Crippen LogP contribution in [0.15, 0.2) is 0 Å². The molecule has 2 saturated heterocycles. The second kappa shape index (κ2) is 6.23. The van der Waals surface area contributed by atoms with Crippen molar-refractivity contribution < 1.29 is 23.5 Å². The van der Waals surface area contributed by atoms with Crippen LogP contribution in [0, 0.1) is 5.92 Å². The van der Waals surface area contributed by atoms with Crippen molar-refractivity contribution in [2.45, 2.75) is 80.9 Å². The Balaban J connectivity index is 1.91. The number of alkyl halides is 1. The molecule has 1 amide bonds. The molecule has 142 valence electrons. The highest BCUT2D eigenvalue weighted by molar-refractivity contribution is 9.09. The molecule has 2 bridgehead atoms. The van der Waals surface area contributed by atoms with Gasteiger partial charge in [0.1, 0.15) is 12.1 Å². The largest absolute Gasteiger partial charge is 0.457 e. The Morgan fingerprint density at radius 1 is 1.32 bits per heavy atom. The van der Waals surface area contributed by atoms with Gasteiger partial charge in [-0.1, -0.05) is 36.7 Å². The fourth-order valence-electron chi connectivity index (χ4n) is 4.05. The molecule has 0 aromatic carbocycles. The average molecular weight is 434 g/mol. The van der Waals surface area contributed by atoms with Gasteiger partial charge in [-0.2, -0.15) is 0 Å². The normalized spacial score (nSPS) is 37.7. The van der Waals surface area contributed by atoms with Crippen LogP contribution in [0.25, 0.3) is 0 Å². The van der Waals surface area contributed by atoms with Crippen LogP contribution in [0.4, 0.5) is 4.79 Å². The van der Waals surface area contributed by atoms with Crippen LogP contribution < -0.4 is 0 Å². The first kappa shape index (κ1) is 19.2. The number of carbonyl (C=O) groups is 2. The lowest BCUT2D eigenvalue weighted by Crippen LogP contribution is -2.63. The summed E-state index contributed by atoms with van der Waals surface area (Å²) >= 11 is 3.68. The fraction of sp³-hybridized carbons (Fsp3) is 0.882.